The number of carbonyl (C=O) groups excluding carboxylic acids is 3. The highest BCUT2D eigenvalue weighted by atomic mass is 32.1. The molecule has 3 aliphatic rings. The van der Waals surface area contributed by atoms with Crippen LogP contribution >= 0.6 is 11.3 Å². The van der Waals surface area contributed by atoms with Crippen molar-refractivity contribution in [2.24, 2.45) is 11.3 Å². The molecule has 1 aliphatic carbocycles. The zero-order valence-electron chi connectivity index (χ0n) is 45.1. The summed E-state index contributed by atoms with van der Waals surface area (Å²) in [6.45, 7) is 22.5. The predicted molar refractivity (Wildman–Crippen MR) is 297 cm³/mol. The lowest BCUT2D eigenvalue weighted by Crippen LogP contribution is -2.56. The smallest absolute Gasteiger partial charge is 0.246 e. The second-order valence-corrected chi connectivity index (χ2v) is 22.4. The average molecular weight is 1020 g/mol. The van der Waals surface area contributed by atoms with Gasteiger partial charge in [0.1, 0.15) is 18.0 Å². The van der Waals surface area contributed by atoms with Gasteiger partial charge in [-0.15, -0.1) is 11.3 Å². The zero-order valence-corrected chi connectivity index (χ0v) is 45.9. The third kappa shape index (κ3) is 15.1. The summed E-state index contributed by atoms with van der Waals surface area (Å²) >= 11 is 1.70. The number of hydrogen-bond acceptors (Lipinski definition) is 12. The van der Waals surface area contributed by atoms with Gasteiger partial charge in [0.2, 0.25) is 17.8 Å². The quantitative estimate of drug-likeness (QED) is 0.0476. The first-order valence-corrected chi connectivity index (χ1v) is 28.1. The van der Waals surface area contributed by atoms with E-state index >= 15 is 0 Å². The van der Waals surface area contributed by atoms with Crippen molar-refractivity contribution >= 4 is 46.4 Å². The number of aromatic nitrogens is 4. The Labute approximate surface area is 439 Å². The van der Waals surface area contributed by atoms with Gasteiger partial charge in [0.15, 0.2) is 0 Å². The van der Waals surface area contributed by atoms with E-state index in [9.17, 15) is 14.4 Å². The van der Waals surface area contributed by atoms with Gasteiger partial charge < -0.3 is 34.9 Å². The number of thiazole rings is 1. The summed E-state index contributed by atoms with van der Waals surface area (Å²) in [6.07, 6.45) is 15.5. The fourth-order valence-electron chi connectivity index (χ4n) is 10.4. The summed E-state index contributed by atoms with van der Waals surface area (Å²) in [7, 11) is 1.98. The molecule has 2 aromatic carbocycles. The third-order valence-electron chi connectivity index (χ3n) is 15.4. The van der Waals surface area contributed by atoms with Crippen molar-refractivity contribution < 1.29 is 19.1 Å². The topological polar surface area (TPSA) is 150 Å². The number of nitrogens with zero attached hydrogens (tertiary/aromatic N) is 7. The van der Waals surface area contributed by atoms with E-state index in [1.54, 1.807) is 16.2 Å². The maximum absolute atomic E-state index is 13.3. The Morgan fingerprint density at radius 1 is 0.877 bits per heavy atom. The van der Waals surface area contributed by atoms with Crippen LogP contribution in [-0.2, 0) is 25.7 Å². The Kier molecular flexibility index (Phi) is 20.6. The minimum atomic E-state index is -0.686. The van der Waals surface area contributed by atoms with E-state index < -0.39 is 17.5 Å². The van der Waals surface area contributed by atoms with E-state index in [1.165, 1.54) is 64.8 Å². The average Bonchev–Trinajstić information content (AvgIpc) is 4.17. The normalized spacial score (nSPS) is 17.9. The zero-order chi connectivity index (χ0) is 51.9. The molecule has 73 heavy (non-hydrogen) atoms. The lowest BCUT2D eigenvalue weighted by Gasteiger charge is -2.35. The van der Waals surface area contributed by atoms with Crippen molar-refractivity contribution in [1.82, 2.24) is 44.9 Å². The molecule has 3 unspecified atom stereocenters. The number of fused-ring (bicyclic) bond motifs is 1. The highest BCUT2D eigenvalue weighted by Crippen LogP contribution is 2.37. The number of aryl methyl sites for hydroxylation is 1. The second-order valence-electron chi connectivity index (χ2n) is 21.6. The van der Waals surface area contributed by atoms with Crippen LogP contribution in [-0.4, -0.2) is 130 Å². The Morgan fingerprint density at radius 3 is 2.22 bits per heavy atom. The van der Waals surface area contributed by atoms with E-state index in [2.05, 4.69) is 118 Å². The van der Waals surface area contributed by atoms with E-state index in [-0.39, 0.29) is 18.2 Å². The first-order chi connectivity index (χ1) is 35.3. The first-order valence-electron chi connectivity index (χ1n) is 27.3. The van der Waals surface area contributed by atoms with Crippen LogP contribution in [0.1, 0.15) is 135 Å². The molecule has 8 rings (SSSR count). The van der Waals surface area contributed by atoms with E-state index in [0.717, 1.165) is 94.0 Å². The summed E-state index contributed by atoms with van der Waals surface area (Å²) in [6, 6.07) is 17.6. The number of ether oxygens (including phenoxy) is 1. The molecule has 14 nitrogen and oxygen atoms in total. The van der Waals surface area contributed by atoms with Crippen LogP contribution < -0.4 is 16.0 Å². The van der Waals surface area contributed by atoms with Crippen LogP contribution in [0.2, 0.25) is 0 Å². The number of likely N-dealkylation sites (tertiary alicyclic amines) is 1. The Bertz CT molecular complexity index is 2500. The summed E-state index contributed by atoms with van der Waals surface area (Å²) < 4.78 is 8.31. The highest BCUT2D eigenvalue weighted by molar-refractivity contribution is 7.13. The van der Waals surface area contributed by atoms with Gasteiger partial charge in [0, 0.05) is 94.2 Å². The number of nitrogens with one attached hydrogen (secondary N) is 3. The summed E-state index contributed by atoms with van der Waals surface area (Å²) in [4.78, 5) is 59.6. The van der Waals surface area contributed by atoms with Gasteiger partial charge in [-0.3, -0.25) is 19.4 Å². The number of carbonyl (C=O) groups is 3. The molecular formula is C58H84N10O4S. The van der Waals surface area contributed by atoms with Crippen molar-refractivity contribution in [3.8, 4) is 21.6 Å². The van der Waals surface area contributed by atoms with Gasteiger partial charge in [0.05, 0.1) is 35.3 Å². The molecule has 15 heteroatoms. The molecule has 3 fully saturated rings. The third-order valence-corrected chi connectivity index (χ3v) is 16.4. The van der Waals surface area contributed by atoms with Crippen molar-refractivity contribution in [2.75, 3.05) is 71.4 Å². The molecule has 3 atom stereocenters. The molecule has 0 bridgehead atoms. The maximum atomic E-state index is 13.3. The lowest BCUT2D eigenvalue weighted by atomic mass is 9.85. The van der Waals surface area contributed by atoms with Crippen LogP contribution in [0.4, 0.5) is 5.95 Å². The van der Waals surface area contributed by atoms with Crippen LogP contribution in [0.25, 0.3) is 32.6 Å². The highest BCUT2D eigenvalue weighted by Gasteiger charge is 2.39. The van der Waals surface area contributed by atoms with Crippen LogP contribution in [0.15, 0.2) is 66.4 Å². The summed E-state index contributed by atoms with van der Waals surface area (Å²) in [5, 5.41) is 10.8. The first kappa shape index (κ1) is 55.7. The summed E-state index contributed by atoms with van der Waals surface area (Å²) in [5.74, 6) is 0.968. The minimum absolute atomic E-state index is 0.179. The second kappa shape index (κ2) is 26.9. The number of aldehydes is 1. The molecule has 1 saturated carbocycles. The molecule has 3 N–H and O–H groups in total. The van der Waals surface area contributed by atoms with Crippen molar-refractivity contribution in [3.63, 3.8) is 0 Å². The molecule has 5 heterocycles. The number of benzene rings is 2. The molecule has 3 aromatic heterocycles. The van der Waals surface area contributed by atoms with E-state index in [0.29, 0.717) is 44.2 Å². The molecule has 0 radical (unpaired) electrons. The molecule has 2 aliphatic heterocycles. The SMILES string of the molecule is CCC(CC)CNc1ncc2c(-c3ccc(CN4CCN(CCOCCC(=O)NC(C(=O)N5CCCC5C=O)C(C)(C)C)CC4)cc3)cn(C3CCCCC3)c2n1.CNC(C)c1ccc(-c2scnc2C)cc1. The lowest BCUT2D eigenvalue weighted by molar-refractivity contribution is -0.141. The molecular weight excluding hydrogens is 933 g/mol. The summed E-state index contributed by atoms with van der Waals surface area (Å²) in [5.41, 5.74) is 9.88. The number of hydrogen-bond donors (Lipinski definition) is 3. The minimum Gasteiger partial charge on any atom is -0.380 e. The molecule has 5 aromatic rings. The number of rotatable bonds is 21. The maximum Gasteiger partial charge on any atom is 0.246 e. The monoisotopic (exact) mass is 1020 g/mol. The van der Waals surface area contributed by atoms with Gasteiger partial charge in [-0.25, -0.2) is 9.97 Å². The standard InChI is InChI=1S/C45H68N8O4.C13H16N2S/c1-6-33(7-2)28-46-44-47-29-38-39(31-53(42(38)49-44)36-12-9-8-10-13-36)35-17-15-34(16-18-35)30-51-23-21-50(22-24-51)25-27-57-26-19-40(55)48-41(45(3,4)5)43(56)52-20-11-14-37(52)32-54;1-9(14-3)11-4-6-12(7-5-11)13-10(2)15-8-16-13/h15-18,29,31-33,36-37,41H,6-14,19-28,30H2,1-5H3,(H,48,55)(H,46,47,49);4-9,14H,1-3H3. The van der Waals surface area contributed by atoms with Crippen LogP contribution in [0.5, 0.6) is 0 Å². The Morgan fingerprint density at radius 2 is 1.58 bits per heavy atom. The fourth-order valence-corrected chi connectivity index (χ4v) is 11.2. The molecule has 396 valence electrons. The van der Waals surface area contributed by atoms with Gasteiger partial charge in [-0.1, -0.05) is 115 Å². The molecule has 2 amide bonds. The van der Waals surface area contributed by atoms with Gasteiger partial charge in [-0.05, 0) is 80.2 Å². The van der Waals surface area contributed by atoms with Crippen molar-refractivity contribution in [3.05, 3.63) is 83.3 Å². The number of amides is 2. The Hall–Kier alpha value is -5.06. The van der Waals surface area contributed by atoms with Crippen LogP contribution in [0, 0.1) is 18.3 Å². The van der Waals surface area contributed by atoms with Gasteiger partial charge in [-0.2, -0.15) is 4.98 Å². The number of anilines is 1. The predicted octanol–water partition coefficient (Wildman–Crippen LogP) is 10.1. The number of piperazine rings is 1. The van der Waals surface area contributed by atoms with Crippen molar-refractivity contribution in [1.29, 1.82) is 0 Å². The van der Waals surface area contributed by atoms with E-state index in [4.69, 9.17) is 14.7 Å². The van der Waals surface area contributed by atoms with E-state index in [1.807, 2.05) is 39.5 Å². The van der Waals surface area contributed by atoms with Crippen LogP contribution in [0.3, 0.4) is 0 Å². The molecule has 2 saturated heterocycles. The van der Waals surface area contributed by atoms with Gasteiger partial charge >= 0.3 is 0 Å². The van der Waals surface area contributed by atoms with Gasteiger partial charge in [0.25, 0.3) is 0 Å². The fraction of sp³-hybridized carbons (Fsp3) is 0.586. The van der Waals surface area contributed by atoms with Crippen molar-refractivity contribution in [2.45, 2.75) is 143 Å². The molecule has 0 spiro atoms. The largest absolute Gasteiger partial charge is 0.380 e. The Balaban J connectivity index is 0.000000412.